The van der Waals surface area contributed by atoms with Gasteiger partial charge in [0.05, 0.1) is 5.56 Å². The molecule has 0 spiro atoms. The number of anilines is 1. The first-order valence-corrected chi connectivity index (χ1v) is 7.71. The second kappa shape index (κ2) is 8.33. The highest BCUT2D eigenvalue weighted by molar-refractivity contribution is 5.93. The normalized spacial score (nSPS) is 12.0. The van der Waals surface area contributed by atoms with Crippen LogP contribution in [-0.4, -0.2) is 36.2 Å². The lowest BCUT2D eigenvalue weighted by molar-refractivity contribution is -0.128. The SMILES string of the molecule is CCNC(=O)[C@@H](C)OC(=O)c1ccc(NC(=O)OC(C)(C)C)cc1. The molecule has 7 nitrogen and oxygen atoms in total. The fraction of sp³-hybridized carbons (Fsp3) is 0.471. The molecule has 0 aliphatic rings. The first kappa shape index (κ1) is 19.5. The molecule has 0 fully saturated rings. The zero-order valence-electron chi connectivity index (χ0n) is 14.6. The molecule has 0 heterocycles. The number of hydrogen-bond donors (Lipinski definition) is 2. The smallest absolute Gasteiger partial charge is 0.412 e. The molecule has 2 amide bonds. The van der Waals surface area contributed by atoms with E-state index in [2.05, 4.69) is 10.6 Å². The van der Waals surface area contributed by atoms with Crippen molar-refractivity contribution in [2.45, 2.75) is 46.3 Å². The maximum Gasteiger partial charge on any atom is 0.412 e. The minimum atomic E-state index is -0.878. The standard InChI is InChI=1S/C17H24N2O5/c1-6-18-14(20)11(2)23-15(21)12-7-9-13(10-8-12)19-16(22)24-17(3,4)5/h7-11H,6H2,1-5H3,(H,18,20)(H,19,22)/t11-/m1/s1. The van der Waals surface area contributed by atoms with Crippen LogP contribution in [0.2, 0.25) is 0 Å². The summed E-state index contributed by atoms with van der Waals surface area (Å²) in [7, 11) is 0. The lowest BCUT2D eigenvalue weighted by atomic mass is 10.2. The van der Waals surface area contributed by atoms with Gasteiger partial charge < -0.3 is 14.8 Å². The first-order chi connectivity index (χ1) is 11.1. The quantitative estimate of drug-likeness (QED) is 0.806. The number of carbonyl (C=O) groups excluding carboxylic acids is 3. The summed E-state index contributed by atoms with van der Waals surface area (Å²) in [6, 6.07) is 6.10. The van der Waals surface area contributed by atoms with Crippen LogP contribution >= 0.6 is 0 Å². The molecular formula is C17H24N2O5. The topological polar surface area (TPSA) is 93.7 Å². The number of nitrogens with one attached hydrogen (secondary N) is 2. The van der Waals surface area contributed by atoms with Gasteiger partial charge in [-0.1, -0.05) is 0 Å². The number of esters is 1. The Morgan fingerprint density at radius 2 is 1.71 bits per heavy atom. The van der Waals surface area contributed by atoms with E-state index < -0.39 is 23.8 Å². The van der Waals surface area contributed by atoms with Gasteiger partial charge in [0.1, 0.15) is 5.60 Å². The van der Waals surface area contributed by atoms with E-state index in [-0.39, 0.29) is 11.5 Å². The zero-order chi connectivity index (χ0) is 18.3. The van der Waals surface area contributed by atoms with Gasteiger partial charge in [-0.25, -0.2) is 9.59 Å². The number of amides is 2. The van der Waals surface area contributed by atoms with Gasteiger partial charge in [0, 0.05) is 12.2 Å². The Morgan fingerprint density at radius 1 is 1.12 bits per heavy atom. The molecule has 0 aliphatic carbocycles. The molecule has 0 saturated carbocycles. The van der Waals surface area contributed by atoms with Gasteiger partial charge in [0.15, 0.2) is 6.10 Å². The third kappa shape index (κ3) is 6.68. The number of hydrogen-bond acceptors (Lipinski definition) is 5. The molecule has 2 N–H and O–H groups in total. The molecular weight excluding hydrogens is 312 g/mol. The minimum absolute atomic E-state index is 0.279. The van der Waals surface area contributed by atoms with Gasteiger partial charge in [-0.3, -0.25) is 10.1 Å². The summed E-state index contributed by atoms with van der Waals surface area (Å²) in [4.78, 5) is 35.2. The Morgan fingerprint density at radius 3 is 2.21 bits per heavy atom. The summed E-state index contributed by atoms with van der Waals surface area (Å²) < 4.78 is 10.2. The van der Waals surface area contributed by atoms with Crippen molar-refractivity contribution in [1.82, 2.24) is 5.32 Å². The Hall–Kier alpha value is -2.57. The van der Waals surface area contributed by atoms with Crippen molar-refractivity contribution in [3.05, 3.63) is 29.8 Å². The van der Waals surface area contributed by atoms with Crippen LogP contribution in [0.15, 0.2) is 24.3 Å². The largest absolute Gasteiger partial charge is 0.449 e. The van der Waals surface area contributed by atoms with Gasteiger partial charge in [-0.05, 0) is 58.9 Å². The van der Waals surface area contributed by atoms with Crippen molar-refractivity contribution in [3.8, 4) is 0 Å². The fourth-order valence-corrected chi connectivity index (χ4v) is 1.71. The number of carbonyl (C=O) groups is 3. The second-order valence-corrected chi connectivity index (χ2v) is 6.15. The van der Waals surface area contributed by atoms with E-state index in [1.54, 1.807) is 39.8 Å². The predicted molar refractivity (Wildman–Crippen MR) is 89.9 cm³/mol. The van der Waals surface area contributed by atoms with E-state index in [1.165, 1.54) is 19.1 Å². The van der Waals surface area contributed by atoms with E-state index >= 15 is 0 Å². The molecule has 0 bridgehead atoms. The molecule has 0 aromatic heterocycles. The van der Waals surface area contributed by atoms with E-state index in [4.69, 9.17) is 9.47 Å². The Kier molecular flexibility index (Phi) is 6.76. The Labute approximate surface area is 141 Å². The predicted octanol–water partition coefficient (Wildman–Crippen LogP) is 2.72. The van der Waals surface area contributed by atoms with Gasteiger partial charge in [-0.2, -0.15) is 0 Å². The van der Waals surface area contributed by atoms with E-state index in [9.17, 15) is 14.4 Å². The molecule has 1 rings (SSSR count). The summed E-state index contributed by atoms with van der Waals surface area (Å²) in [5.74, 6) is -0.966. The zero-order valence-corrected chi connectivity index (χ0v) is 14.6. The average molecular weight is 336 g/mol. The highest BCUT2D eigenvalue weighted by atomic mass is 16.6. The lowest BCUT2D eigenvalue weighted by Crippen LogP contribution is -2.35. The molecule has 24 heavy (non-hydrogen) atoms. The van der Waals surface area contributed by atoms with Gasteiger partial charge in [-0.15, -0.1) is 0 Å². The summed E-state index contributed by atoms with van der Waals surface area (Å²) in [6.07, 6.45) is -1.46. The lowest BCUT2D eigenvalue weighted by Gasteiger charge is -2.19. The van der Waals surface area contributed by atoms with E-state index in [0.717, 1.165) is 0 Å². The van der Waals surface area contributed by atoms with E-state index in [0.29, 0.717) is 12.2 Å². The van der Waals surface area contributed by atoms with Crippen molar-refractivity contribution in [2.24, 2.45) is 0 Å². The van der Waals surface area contributed by atoms with Crippen molar-refractivity contribution in [1.29, 1.82) is 0 Å². The van der Waals surface area contributed by atoms with Gasteiger partial charge >= 0.3 is 12.1 Å². The molecule has 1 aromatic rings. The van der Waals surface area contributed by atoms with Crippen LogP contribution in [0, 0.1) is 0 Å². The van der Waals surface area contributed by atoms with E-state index in [1.807, 2.05) is 0 Å². The molecule has 0 unspecified atom stereocenters. The van der Waals surface area contributed by atoms with Crippen LogP contribution in [0.5, 0.6) is 0 Å². The average Bonchev–Trinajstić information content (AvgIpc) is 2.46. The molecule has 132 valence electrons. The summed E-state index contributed by atoms with van der Waals surface area (Å²) in [5.41, 5.74) is 0.168. The molecule has 0 radical (unpaired) electrons. The second-order valence-electron chi connectivity index (χ2n) is 6.15. The van der Waals surface area contributed by atoms with Crippen molar-refractivity contribution in [2.75, 3.05) is 11.9 Å². The molecule has 0 aliphatic heterocycles. The number of likely N-dealkylation sites (N-methyl/N-ethyl adjacent to an activating group) is 1. The molecule has 7 heteroatoms. The third-order valence-electron chi connectivity index (χ3n) is 2.77. The number of ether oxygens (including phenoxy) is 2. The maximum atomic E-state index is 12.0. The maximum absolute atomic E-state index is 12.0. The summed E-state index contributed by atoms with van der Waals surface area (Å²) >= 11 is 0. The number of rotatable bonds is 5. The highest BCUT2D eigenvalue weighted by Crippen LogP contribution is 2.14. The van der Waals surface area contributed by atoms with Crippen molar-refractivity contribution in [3.63, 3.8) is 0 Å². The van der Waals surface area contributed by atoms with Crippen LogP contribution in [0.4, 0.5) is 10.5 Å². The van der Waals surface area contributed by atoms with Gasteiger partial charge in [0.2, 0.25) is 0 Å². The fourth-order valence-electron chi connectivity index (χ4n) is 1.71. The van der Waals surface area contributed by atoms with Crippen LogP contribution < -0.4 is 10.6 Å². The Bertz CT molecular complexity index is 590. The molecule has 1 aromatic carbocycles. The van der Waals surface area contributed by atoms with Gasteiger partial charge in [0.25, 0.3) is 5.91 Å². The molecule has 0 saturated heterocycles. The third-order valence-corrected chi connectivity index (χ3v) is 2.77. The highest BCUT2D eigenvalue weighted by Gasteiger charge is 2.19. The Balaban J connectivity index is 2.62. The van der Waals surface area contributed by atoms with Crippen molar-refractivity contribution >= 4 is 23.7 Å². The first-order valence-electron chi connectivity index (χ1n) is 7.71. The van der Waals surface area contributed by atoms with Crippen LogP contribution in [0.3, 0.4) is 0 Å². The monoisotopic (exact) mass is 336 g/mol. The molecule has 1 atom stereocenters. The summed E-state index contributed by atoms with van der Waals surface area (Å²) in [6.45, 7) is 9.04. The number of benzene rings is 1. The van der Waals surface area contributed by atoms with Crippen LogP contribution in [0.25, 0.3) is 0 Å². The van der Waals surface area contributed by atoms with Crippen LogP contribution in [-0.2, 0) is 14.3 Å². The van der Waals surface area contributed by atoms with Crippen molar-refractivity contribution < 1.29 is 23.9 Å². The minimum Gasteiger partial charge on any atom is -0.449 e. The summed E-state index contributed by atoms with van der Waals surface area (Å²) in [5, 5.41) is 5.14. The van der Waals surface area contributed by atoms with Crippen LogP contribution in [0.1, 0.15) is 45.0 Å².